The molecule has 5 rings (SSSR count). The highest BCUT2D eigenvalue weighted by Crippen LogP contribution is 2.30. The van der Waals surface area contributed by atoms with E-state index in [1.807, 2.05) is 48.7 Å². The van der Waals surface area contributed by atoms with Crippen LogP contribution in [0.15, 0.2) is 48.7 Å². The summed E-state index contributed by atoms with van der Waals surface area (Å²) in [5.41, 5.74) is 3.72. The summed E-state index contributed by atoms with van der Waals surface area (Å²) in [5.74, 6) is 0.388. The van der Waals surface area contributed by atoms with E-state index in [0.29, 0.717) is 18.0 Å². The fourth-order valence-electron chi connectivity index (χ4n) is 5.10. The maximum Gasteiger partial charge on any atom is 0.306 e. The molecule has 3 heterocycles. The standard InChI is InChI=1S/C28H31N3O6/c1-35-20-6-7-22-21(13-20)18(10-11-29-22)3-4-19-5-8-23(26(37-19)14-28(33)34)30-15-17-2-9-25-24(12-17)31-27(32)16-36-25/h2,6-7,9-13,19,23,26,30H,3-5,8,14-16H2,1H3,(H,31,32)(H,33,34)/t19-,23-,26-/m1/s1. The Morgan fingerprint density at radius 2 is 2.11 bits per heavy atom. The van der Waals surface area contributed by atoms with Gasteiger partial charge in [-0.1, -0.05) is 6.07 Å². The second-order valence-corrected chi connectivity index (χ2v) is 9.52. The number of nitrogens with zero attached hydrogens (tertiary/aromatic N) is 1. The molecule has 3 atom stereocenters. The average molecular weight is 506 g/mol. The second kappa shape index (κ2) is 11.1. The largest absolute Gasteiger partial charge is 0.497 e. The number of rotatable bonds is 9. The van der Waals surface area contributed by atoms with Gasteiger partial charge < -0.3 is 30.0 Å². The van der Waals surface area contributed by atoms with Crippen molar-refractivity contribution in [2.24, 2.45) is 0 Å². The van der Waals surface area contributed by atoms with Crippen molar-refractivity contribution in [1.82, 2.24) is 10.3 Å². The van der Waals surface area contributed by atoms with Crippen LogP contribution >= 0.6 is 0 Å². The first-order chi connectivity index (χ1) is 18.0. The highest BCUT2D eigenvalue weighted by molar-refractivity contribution is 5.95. The molecule has 1 amide bonds. The predicted molar refractivity (Wildman–Crippen MR) is 138 cm³/mol. The van der Waals surface area contributed by atoms with Gasteiger partial charge in [-0.05, 0) is 73.2 Å². The van der Waals surface area contributed by atoms with Gasteiger partial charge in [-0.15, -0.1) is 0 Å². The Bertz CT molecular complexity index is 1300. The molecule has 1 aromatic heterocycles. The molecule has 1 saturated heterocycles. The van der Waals surface area contributed by atoms with Crippen molar-refractivity contribution in [3.63, 3.8) is 0 Å². The van der Waals surface area contributed by atoms with Gasteiger partial charge in [0.05, 0.1) is 36.9 Å². The summed E-state index contributed by atoms with van der Waals surface area (Å²) in [6.07, 6.45) is 4.57. The van der Waals surface area contributed by atoms with E-state index in [2.05, 4.69) is 15.6 Å². The lowest BCUT2D eigenvalue weighted by atomic mass is 9.92. The highest BCUT2D eigenvalue weighted by atomic mass is 16.5. The number of aryl methyl sites for hydroxylation is 1. The Labute approximate surface area is 215 Å². The first-order valence-electron chi connectivity index (χ1n) is 12.6. The molecule has 0 radical (unpaired) electrons. The summed E-state index contributed by atoms with van der Waals surface area (Å²) in [5, 5.41) is 16.9. The number of aliphatic carboxylic acids is 1. The number of fused-ring (bicyclic) bond motifs is 2. The third kappa shape index (κ3) is 6.00. The molecule has 9 heteroatoms. The van der Waals surface area contributed by atoms with Crippen LogP contribution in [0, 0.1) is 0 Å². The number of carboxylic acid groups (broad SMARTS) is 1. The van der Waals surface area contributed by atoms with E-state index in [0.717, 1.165) is 47.9 Å². The number of amides is 1. The molecule has 3 N–H and O–H groups in total. The number of carbonyl (C=O) groups excluding carboxylic acids is 1. The fraction of sp³-hybridized carbons (Fsp3) is 0.393. The maximum absolute atomic E-state index is 11.6. The predicted octanol–water partition coefficient (Wildman–Crippen LogP) is 3.69. The summed E-state index contributed by atoms with van der Waals surface area (Å²) in [6.45, 7) is 0.552. The summed E-state index contributed by atoms with van der Waals surface area (Å²) in [4.78, 5) is 27.7. The lowest BCUT2D eigenvalue weighted by Gasteiger charge is -2.37. The Morgan fingerprint density at radius 3 is 2.95 bits per heavy atom. The molecule has 0 spiro atoms. The van der Waals surface area contributed by atoms with E-state index >= 15 is 0 Å². The van der Waals surface area contributed by atoms with E-state index in [1.54, 1.807) is 7.11 Å². The Balaban J connectivity index is 1.21. The molecule has 2 aliphatic rings. The third-order valence-corrected chi connectivity index (χ3v) is 7.01. The lowest BCUT2D eigenvalue weighted by molar-refractivity contribution is -0.145. The molecule has 9 nitrogen and oxygen atoms in total. The van der Waals surface area contributed by atoms with Crippen molar-refractivity contribution in [2.45, 2.75) is 56.9 Å². The van der Waals surface area contributed by atoms with Crippen LogP contribution in [0.2, 0.25) is 0 Å². The van der Waals surface area contributed by atoms with Crippen molar-refractivity contribution < 1.29 is 28.9 Å². The molecular weight excluding hydrogens is 474 g/mol. The topological polar surface area (TPSA) is 119 Å². The molecule has 194 valence electrons. The van der Waals surface area contributed by atoms with Gasteiger partial charge in [-0.3, -0.25) is 14.6 Å². The van der Waals surface area contributed by atoms with Crippen LogP contribution in [0.3, 0.4) is 0 Å². The number of methoxy groups -OCH3 is 1. The Hall–Kier alpha value is -3.69. The van der Waals surface area contributed by atoms with Crippen LogP contribution < -0.4 is 20.1 Å². The number of carboxylic acids is 1. The summed E-state index contributed by atoms with van der Waals surface area (Å²) in [7, 11) is 1.65. The monoisotopic (exact) mass is 505 g/mol. The molecule has 0 unspecified atom stereocenters. The maximum atomic E-state index is 11.6. The van der Waals surface area contributed by atoms with E-state index in [1.165, 1.54) is 5.56 Å². The van der Waals surface area contributed by atoms with Crippen LogP contribution in [0.4, 0.5) is 5.69 Å². The molecule has 1 fully saturated rings. The zero-order chi connectivity index (χ0) is 25.8. The minimum atomic E-state index is -0.877. The van der Waals surface area contributed by atoms with Gasteiger partial charge in [0, 0.05) is 24.2 Å². The van der Waals surface area contributed by atoms with E-state index in [4.69, 9.17) is 14.2 Å². The minimum Gasteiger partial charge on any atom is -0.497 e. The van der Waals surface area contributed by atoms with Crippen LogP contribution in [0.25, 0.3) is 10.9 Å². The zero-order valence-corrected chi connectivity index (χ0v) is 20.7. The van der Waals surface area contributed by atoms with Gasteiger partial charge in [0.1, 0.15) is 11.5 Å². The van der Waals surface area contributed by atoms with Crippen molar-refractivity contribution >= 4 is 28.5 Å². The summed E-state index contributed by atoms with van der Waals surface area (Å²) < 4.78 is 17.1. The van der Waals surface area contributed by atoms with Gasteiger partial charge in [0.2, 0.25) is 0 Å². The van der Waals surface area contributed by atoms with Gasteiger partial charge in [-0.2, -0.15) is 0 Å². The van der Waals surface area contributed by atoms with Crippen molar-refractivity contribution in [1.29, 1.82) is 0 Å². The van der Waals surface area contributed by atoms with Gasteiger partial charge in [-0.25, -0.2) is 0 Å². The van der Waals surface area contributed by atoms with Crippen LogP contribution in [-0.4, -0.2) is 53.9 Å². The van der Waals surface area contributed by atoms with Crippen LogP contribution in [0.5, 0.6) is 11.5 Å². The number of anilines is 1. The van der Waals surface area contributed by atoms with E-state index in [9.17, 15) is 14.7 Å². The minimum absolute atomic E-state index is 0.0210. The number of carbonyl (C=O) groups is 2. The van der Waals surface area contributed by atoms with Gasteiger partial charge in [0.25, 0.3) is 5.91 Å². The van der Waals surface area contributed by atoms with Crippen molar-refractivity contribution in [3.05, 3.63) is 59.8 Å². The van der Waals surface area contributed by atoms with E-state index in [-0.39, 0.29) is 31.1 Å². The fourth-order valence-corrected chi connectivity index (χ4v) is 5.10. The third-order valence-electron chi connectivity index (χ3n) is 7.01. The molecular formula is C28H31N3O6. The number of benzene rings is 2. The van der Waals surface area contributed by atoms with Gasteiger partial charge in [0.15, 0.2) is 6.61 Å². The number of nitrogens with one attached hydrogen (secondary N) is 2. The van der Waals surface area contributed by atoms with Crippen LogP contribution in [-0.2, 0) is 27.3 Å². The molecule has 2 aliphatic heterocycles. The quantitative estimate of drug-likeness (QED) is 0.403. The van der Waals surface area contributed by atoms with Crippen molar-refractivity contribution in [3.8, 4) is 11.5 Å². The van der Waals surface area contributed by atoms with Crippen LogP contribution in [0.1, 0.15) is 36.8 Å². The summed E-state index contributed by atoms with van der Waals surface area (Å²) in [6, 6.07) is 13.5. The van der Waals surface area contributed by atoms with E-state index < -0.39 is 12.1 Å². The highest BCUT2D eigenvalue weighted by Gasteiger charge is 2.32. The molecule has 0 saturated carbocycles. The molecule has 37 heavy (non-hydrogen) atoms. The first kappa shape index (κ1) is 25.0. The molecule has 0 aliphatic carbocycles. The molecule has 2 aromatic carbocycles. The number of aromatic nitrogens is 1. The average Bonchev–Trinajstić information content (AvgIpc) is 2.90. The van der Waals surface area contributed by atoms with Crippen molar-refractivity contribution in [2.75, 3.05) is 19.0 Å². The number of pyridine rings is 1. The zero-order valence-electron chi connectivity index (χ0n) is 20.7. The first-order valence-corrected chi connectivity index (χ1v) is 12.6. The molecule has 3 aromatic rings. The SMILES string of the molecule is COc1ccc2nccc(CC[C@@H]3CC[C@@H](NCc4ccc5c(c4)NC(=O)CO5)[C@@H](CC(=O)O)O3)c2c1. The second-order valence-electron chi connectivity index (χ2n) is 9.52. The van der Waals surface area contributed by atoms with Gasteiger partial charge >= 0.3 is 5.97 Å². The normalized spacial score (nSPS) is 21.1. The Kier molecular flexibility index (Phi) is 7.52. The Morgan fingerprint density at radius 1 is 1.22 bits per heavy atom. The lowest BCUT2D eigenvalue weighted by Crippen LogP contribution is -2.48. The summed E-state index contributed by atoms with van der Waals surface area (Å²) >= 11 is 0. The number of hydrogen-bond acceptors (Lipinski definition) is 7. The number of ether oxygens (including phenoxy) is 3. The molecule has 0 bridgehead atoms. The smallest absolute Gasteiger partial charge is 0.306 e. The number of hydrogen-bond donors (Lipinski definition) is 3.